The van der Waals surface area contributed by atoms with Crippen LogP contribution in [0, 0.1) is 20.6 Å². The van der Waals surface area contributed by atoms with Crippen LogP contribution in [0.15, 0.2) is 36.4 Å². The highest BCUT2D eigenvalue weighted by Gasteiger charge is 2.23. The third-order valence-corrected chi connectivity index (χ3v) is 5.24. The van der Waals surface area contributed by atoms with Gasteiger partial charge in [-0.2, -0.15) is 0 Å². The second-order valence-electron chi connectivity index (χ2n) is 6.42. The van der Waals surface area contributed by atoms with Crippen LogP contribution in [0.4, 0.5) is 17.1 Å². The number of carbonyl (C=O) groups is 1. The predicted molar refractivity (Wildman–Crippen MR) is 111 cm³/mol. The van der Waals surface area contributed by atoms with E-state index >= 15 is 0 Å². The van der Waals surface area contributed by atoms with Crippen molar-refractivity contribution in [2.45, 2.75) is 26.2 Å². The number of nitrogens with one attached hydrogen (secondary N) is 1. The number of piperidine rings is 1. The minimum atomic E-state index is -0.406. The Morgan fingerprint density at radius 1 is 1.15 bits per heavy atom. The number of rotatable bonds is 4. The molecular weight excluding hydrogens is 445 g/mol. The summed E-state index contributed by atoms with van der Waals surface area (Å²) in [5, 5.41) is 14.4. The average Bonchev–Trinajstić information content (AvgIpc) is 2.64. The molecule has 7 heteroatoms. The molecule has 6 nitrogen and oxygen atoms in total. The van der Waals surface area contributed by atoms with Crippen molar-refractivity contribution in [3.63, 3.8) is 0 Å². The molecule has 2 aromatic carbocycles. The van der Waals surface area contributed by atoms with Crippen molar-refractivity contribution in [1.82, 2.24) is 0 Å². The second-order valence-corrected chi connectivity index (χ2v) is 7.67. The van der Waals surface area contributed by atoms with Crippen molar-refractivity contribution in [3.05, 3.63) is 61.2 Å². The fraction of sp³-hybridized carbons (Fsp3) is 0.316. The van der Waals surface area contributed by atoms with Gasteiger partial charge in [0.05, 0.1) is 4.92 Å². The summed E-state index contributed by atoms with van der Waals surface area (Å²) in [4.78, 5) is 25.7. The quantitative estimate of drug-likeness (QED) is 0.402. The number of halogens is 1. The molecule has 0 aliphatic carbocycles. The first-order valence-corrected chi connectivity index (χ1v) is 9.64. The maximum absolute atomic E-state index is 12.6. The average molecular weight is 465 g/mol. The number of benzene rings is 2. The molecule has 0 radical (unpaired) electrons. The molecule has 1 heterocycles. The zero-order chi connectivity index (χ0) is 18.7. The van der Waals surface area contributed by atoms with Crippen molar-refractivity contribution >= 4 is 45.6 Å². The van der Waals surface area contributed by atoms with E-state index in [2.05, 4.69) is 27.9 Å². The van der Waals surface area contributed by atoms with Crippen LogP contribution in [0.1, 0.15) is 35.2 Å². The monoisotopic (exact) mass is 465 g/mol. The topological polar surface area (TPSA) is 75.5 Å². The Bertz CT molecular complexity index is 848. The first-order chi connectivity index (χ1) is 12.5. The van der Waals surface area contributed by atoms with E-state index in [1.54, 1.807) is 12.1 Å². The minimum Gasteiger partial charge on any atom is -0.366 e. The van der Waals surface area contributed by atoms with Crippen molar-refractivity contribution in [1.29, 1.82) is 0 Å². The van der Waals surface area contributed by atoms with Gasteiger partial charge >= 0.3 is 0 Å². The smallest absolute Gasteiger partial charge is 0.293 e. The zero-order valence-electron chi connectivity index (χ0n) is 14.5. The number of nitrogens with zero attached hydrogens (tertiary/aromatic N) is 2. The lowest BCUT2D eigenvalue weighted by Gasteiger charge is -2.28. The molecule has 0 saturated carbocycles. The standard InChI is InChI=1S/C19H20IN3O3/c1-13-11-15(20)6-7-16(13)21-19(24)14-5-8-17(18(12-14)23(25)26)22-9-3-2-4-10-22/h5-8,11-12H,2-4,9-10H2,1H3,(H,21,24). The van der Waals surface area contributed by atoms with E-state index in [0.29, 0.717) is 11.4 Å². The normalized spacial score (nSPS) is 14.2. The summed E-state index contributed by atoms with van der Waals surface area (Å²) in [5.74, 6) is -0.345. The Morgan fingerprint density at radius 2 is 1.88 bits per heavy atom. The molecule has 1 fully saturated rings. The molecule has 0 spiro atoms. The van der Waals surface area contributed by atoms with Gasteiger partial charge in [0.1, 0.15) is 5.69 Å². The van der Waals surface area contributed by atoms with Crippen LogP contribution in [0.25, 0.3) is 0 Å². The van der Waals surface area contributed by atoms with Gasteiger partial charge < -0.3 is 10.2 Å². The Kier molecular flexibility index (Phi) is 5.75. The van der Waals surface area contributed by atoms with Gasteiger partial charge in [0.2, 0.25) is 0 Å². The molecular formula is C19H20IN3O3. The lowest BCUT2D eigenvalue weighted by atomic mass is 10.1. The number of anilines is 2. The number of carbonyl (C=O) groups excluding carboxylic acids is 1. The summed E-state index contributed by atoms with van der Waals surface area (Å²) in [6.07, 6.45) is 3.22. The largest absolute Gasteiger partial charge is 0.366 e. The van der Waals surface area contributed by atoms with E-state index in [1.807, 2.05) is 30.0 Å². The molecule has 26 heavy (non-hydrogen) atoms. The van der Waals surface area contributed by atoms with E-state index in [4.69, 9.17) is 0 Å². The van der Waals surface area contributed by atoms with Crippen molar-refractivity contribution in [2.75, 3.05) is 23.3 Å². The molecule has 2 aromatic rings. The number of amides is 1. The maximum atomic E-state index is 12.6. The third-order valence-electron chi connectivity index (χ3n) is 4.57. The molecule has 3 rings (SSSR count). The SMILES string of the molecule is Cc1cc(I)ccc1NC(=O)c1ccc(N2CCCCC2)c([N+](=O)[O-])c1. The molecule has 0 bridgehead atoms. The second kappa shape index (κ2) is 8.03. The first kappa shape index (κ1) is 18.6. The van der Waals surface area contributed by atoms with Gasteiger partial charge in [-0.3, -0.25) is 14.9 Å². The predicted octanol–water partition coefficient (Wildman–Crippen LogP) is 4.75. The lowest BCUT2D eigenvalue weighted by molar-refractivity contribution is -0.384. The Hall–Kier alpha value is -2.16. The first-order valence-electron chi connectivity index (χ1n) is 8.56. The highest BCUT2D eigenvalue weighted by atomic mass is 127. The molecule has 1 aliphatic rings. The van der Waals surface area contributed by atoms with E-state index in [9.17, 15) is 14.9 Å². The van der Waals surface area contributed by atoms with Crippen LogP contribution < -0.4 is 10.2 Å². The molecule has 1 amide bonds. The summed E-state index contributed by atoms with van der Waals surface area (Å²) in [6, 6.07) is 10.4. The van der Waals surface area contributed by atoms with Crippen LogP contribution in [0.5, 0.6) is 0 Å². The highest BCUT2D eigenvalue weighted by molar-refractivity contribution is 14.1. The van der Waals surface area contributed by atoms with Gasteiger partial charge in [-0.05, 0) is 84.7 Å². The summed E-state index contributed by atoms with van der Waals surface area (Å²) < 4.78 is 1.08. The highest BCUT2D eigenvalue weighted by Crippen LogP contribution is 2.31. The Labute approximate surface area is 165 Å². The molecule has 0 unspecified atom stereocenters. The molecule has 136 valence electrons. The number of hydrogen-bond acceptors (Lipinski definition) is 4. The summed E-state index contributed by atoms with van der Waals surface area (Å²) in [5.41, 5.74) is 2.52. The van der Waals surface area contributed by atoms with Crippen LogP contribution >= 0.6 is 22.6 Å². The third kappa shape index (κ3) is 4.14. The number of hydrogen-bond donors (Lipinski definition) is 1. The van der Waals surface area contributed by atoms with Gasteiger partial charge in [0, 0.05) is 34.0 Å². The fourth-order valence-electron chi connectivity index (χ4n) is 3.17. The zero-order valence-corrected chi connectivity index (χ0v) is 16.7. The van der Waals surface area contributed by atoms with Crippen molar-refractivity contribution in [2.24, 2.45) is 0 Å². The van der Waals surface area contributed by atoms with Crippen LogP contribution in [0.3, 0.4) is 0 Å². The van der Waals surface area contributed by atoms with Gasteiger partial charge in [-0.15, -0.1) is 0 Å². The minimum absolute atomic E-state index is 0.0149. The van der Waals surface area contributed by atoms with Gasteiger partial charge in [0.15, 0.2) is 0 Å². The lowest BCUT2D eigenvalue weighted by Crippen LogP contribution is -2.30. The summed E-state index contributed by atoms with van der Waals surface area (Å²) in [7, 11) is 0. The Morgan fingerprint density at radius 3 is 2.54 bits per heavy atom. The van der Waals surface area contributed by atoms with Gasteiger partial charge in [-0.1, -0.05) is 0 Å². The number of nitro groups is 1. The maximum Gasteiger partial charge on any atom is 0.293 e. The van der Waals surface area contributed by atoms with E-state index in [1.165, 1.54) is 6.07 Å². The Balaban J connectivity index is 1.86. The van der Waals surface area contributed by atoms with E-state index < -0.39 is 4.92 Å². The number of aryl methyl sites for hydroxylation is 1. The van der Waals surface area contributed by atoms with Gasteiger partial charge in [-0.25, -0.2) is 0 Å². The summed E-state index contributed by atoms with van der Waals surface area (Å²) >= 11 is 2.21. The van der Waals surface area contributed by atoms with Crippen LogP contribution in [-0.2, 0) is 0 Å². The van der Waals surface area contributed by atoms with Crippen LogP contribution in [-0.4, -0.2) is 23.9 Å². The summed E-state index contributed by atoms with van der Waals surface area (Å²) in [6.45, 7) is 3.54. The van der Waals surface area contributed by atoms with Gasteiger partial charge in [0.25, 0.3) is 11.6 Å². The fourth-order valence-corrected chi connectivity index (χ4v) is 3.82. The molecule has 0 atom stereocenters. The number of nitro benzene ring substituents is 1. The van der Waals surface area contributed by atoms with E-state index in [-0.39, 0.29) is 17.2 Å². The van der Waals surface area contributed by atoms with Crippen molar-refractivity contribution < 1.29 is 9.72 Å². The molecule has 1 aliphatic heterocycles. The van der Waals surface area contributed by atoms with E-state index in [0.717, 1.165) is 41.5 Å². The molecule has 0 aromatic heterocycles. The van der Waals surface area contributed by atoms with Crippen molar-refractivity contribution in [3.8, 4) is 0 Å². The van der Waals surface area contributed by atoms with Crippen LogP contribution in [0.2, 0.25) is 0 Å². The molecule has 1 saturated heterocycles. The molecule has 1 N–H and O–H groups in total.